The highest BCUT2D eigenvalue weighted by Crippen LogP contribution is 2.21. The first-order valence-electron chi connectivity index (χ1n) is 4.89. The second-order valence-corrected chi connectivity index (χ2v) is 3.61. The first kappa shape index (κ1) is 9.18. The smallest absolute Gasteiger partial charge is 0.147 e. The van der Waals surface area contributed by atoms with Gasteiger partial charge in [-0.05, 0) is 19.3 Å². The van der Waals surface area contributed by atoms with Crippen LogP contribution in [0.5, 0.6) is 0 Å². The number of aryl methyl sites for hydroxylation is 1. The Hall–Kier alpha value is -1.39. The molecule has 0 amide bonds. The van der Waals surface area contributed by atoms with Crippen LogP contribution in [-0.4, -0.2) is 33.9 Å². The average Bonchev–Trinajstić information content (AvgIpc) is 2.64. The van der Waals surface area contributed by atoms with E-state index in [2.05, 4.69) is 15.2 Å². The third-order valence-electron chi connectivity index (χ3n) is 2.69. The predicted molar refractivity (Wildman–Crippen MR) is 52.1 cm³/mol. The van der Waals surface area contributed by atoms with Crippen LogP contribution in [-0.2, 0) is 11.8 Å². The maximum absolute atomic E-state index is 10.9. The number of nitrogens with zero attached hydrogens (tertiary/aromatic N) is 4. The molecule has 0 spiro atoms. The van der Waals surface area contributed by atoms with Gasteiger partial charge in [0.25, 0.3) is 0 Å². The van der Waals surface area contributed by atoms with Crippen molar-refractivity contribution >= 4 is 12.1 Å². The number of hydrogen-bond acceptors (Lipinski definition) is 4. The van der Waals surface area contributed by atoms with Crippen molar-refractivity contribution in [3.05, 3.63) is 6.20 Å². The van der Waals surface area contributed by atoms with E-state index in [1.807, 2.05) is 7.05 Å². The number of hydrogen-bond donors (Lipinski definition) is 0. The van der Waals surface area contributed by atoms with Gasteiger partial charge in [-0.15, -0.1) is 5.10 Å². The molecular weight excluding hydrogens is 180 g/mol. The molecule has 2 heterocycles. The van der Waals surface area contributed by atoms with Crippen molar-refractivity contribution in [2.24, 2.45) is 7.05 Å². The fourth-order valence-corrected chi connectivity index (χ4v) is 1.93. The van der Waals surface area contributed by atoms with E-state index in [-0.39, 0.29) is 6.04 Å². The largest absolute Gasteiger partial charge is 0.346 e. The van der Waals surface area contributed by atoms with Crippen molar-refractivity contribution in [1.82, 2.24) is 15.0 Å². The molecule has 5 heteroatoms. The Morgan fingerprint density at radius 2 is 2.43 bits per heavy atom. The highest BCUT2D eigenvalue weighted by molar-refractivity contribution is 5.64. The molecule has 1 aromatic heterocycles. The number of anilines is 1. The Morgan fingerprint density at radius 3 is 3.07 bits per heavy atom. The molecule has 1 unspecified atom stereocenters. The lowest BCUT2D eigenvalue weighted by Gasteiger charge is -2.33. The predicted octanol–water partition coefficient (Wildman–Crippen LogP) is 0.373. The van der Waals surface area contributed by atoms with E-state index in [1.54, 1.807) is 10.9 Å². The van der Waals surface area contributed by atoms with Crippen molar-refractivity contribution in [2.75, 3.05) is 11.4 Å². The van der Waals surface area contributed by atoms with Gasteiger partial charge in [-0.2, -0.15) is 0 Å². The normalized spacial score (nSPS) is 22.4. The highest BCUT2D eigenvalue weighted by atomic mass is 16.1. The Balaban J connectivity index is 2.23. The van der Waals surface area contributed by atoms with Crippen molar-refractivity contribution in [2.45, 2.75) is 25.3 Å². The molecule has 0 aromatic carbocycles. The van der Waals surface area contributed by atoms with Gasteiger partial charge in [-0.1, -0.05) is 5.21 Å². The van der Waals surface area contributed by atoms with Crippen molar-refractivity contribution in [1.29, 1.82) is 0 Å². The minimum absolute atomic E-state index is 0.000880. The summed E-state index contributed by atoms with van der Waals surface area (Å²) in [6.45, 7) is 0.921. The summed E-state index contributed by atoms with van der Waals surface area (Å²) in [5.74, 6) is 0.932. The highest BCUT2D eigenvalue weighted by Gasteiger charge is 2.24. The third kappa shape index (κ3) is 1.49. The van der Waals surface area contributed by atoms with E-state index in [0.29, 0.717) is 0 Å². The number of aromatic nitrogens is 3. The Morgan fingerprint density at radius 1 is 1.57 bits per heavy atom. The molecule has 1 aromatic rings. The molecule has 2 rings (SSSR count). The van der Waals surface area contributed by atoms with Gasteiger partial charge in [0.15, 0.2) is 0 Å². The molecule has 0 N–H and O–H groups in total. The average molecular weight is 194 g/mol. The van der Waals surface area contributed by atoms with Crippen molar-refractivity contribution < 1.29 is 4.79 Å². The van der Waals surface area contributed by atoms with E-state index in [9.17, 15) is 4.79 Å². The summed E-state index contributed by atoms with van der Waals surface area (Å²) in [7, 11) is 1.85. The minimum atomic E-state index is 0.000880. The molecule has 1 aliphatic rings. The van der Waals surface area contributed by atoms with Gasteiger partial charge in [0.2, 0.25) is 0 Å². The van der Waals surface area contributed by atoms with Crippen LogP contribution in [0.2, 0.25) is 0 Å². The zero-order chi connectivity index (χ0) is 9.97. The van der Waals surface area contributed by atoms with E-state index in [0.717, 1.165) is 37.9 Å². The fraction of sp³-hybridized carbons (Fsp3) is 0.667. The summed E-state index contributed by atoms with van der Waals surface area (Å²) >= 11 is 0. The second kappa shape index (κ2) is 3.77. The molecule has 1 saturated heterocycles. The SMILES string of the molecule is Cn1nncc1N1CCCCC1C=O. The number of rotatable bonds is 2. The zero-order valence-electron chi connectivity index (χ0n) is 8.26. The molecule has 1 atom stereocenters. The molecule has 0 saturated carbocycles. The van der Waals surface area contributed by atoms with Crippen LogP contribution in [0.1, 0.15) is 19.3 Å². The molecule has 1 aliphatic heterocycles. The summed E-state index contributed by atoms with van der Waals surface area (Å²) in [6, 6.07) is 0.000880. The standard InChI is InChI=1S/C9H14N4O/c1-12-9(6-10-11-12)13-5-3-2-4-8(13)7-14/h6-8H,2-5H2,1H3. The van der Waals surface area contributed by atoms with Gasteiger partial charge in [-0.25, -0.2) is 4.68 Å². The van der Waals surface area contributed by atoms with Crippen LogP contribution in [0.4, 0.5) is 5.82 Å². The number of aldehydes is 1. The molecule has 0 bridgehead atoms. The Bertz CT molecular complexity index is 322. The van der Waals surface area contributed by atoms with Gasteiger partial charge >= 0.3 is 0 Å². The van der Waals surface area contributed by atoms with Crippen molar-refractivity contribution in [3.63, 3.8) is 0 Å². The third-order valence-corrected chi connectivity index (χ3v) is 2.69. The molecule has 0 aliphatic carbocycles. The molecule has 0 radical (unpaired) electrons. The number of carbonyl (C=O) groups is 1. The first-order valence-corrected chi connectivity index (χ1v) is 4.89. The van der Waals surface area contributed by atoms with Crippen LogP contribution in [0.15, 0.2) is 6.20 Å². The lowest BCUT2D eigenvalue weighted by atomic mass is 10.0. The van der Waals surface area contributed by atoms with Crippen LogP contribution >= 0.6 is 0 Å². The fourth-order valence-electron chi connectivity index (χ4n) is 1.93. The van der Waals surface area contributed by atoms with Gasteiger partial charge in [0.1, 0.15) is 12.1 Å². The van der Waals surface area contributed by atoms with Crippen molar-refractivity contribution in [3.8, 4) is 0 Å². The van der Waals surface area contributed by atoms with E-state index in [1.165, 1.54) is 0 Å². The summed E-state index contributed by atoms with van der Waals surface area (Å²) in [4.78, 5) is 13.0. The molecular formula is C9H14N4O. The molecule has 14 heavy (non-hydrogen) atoms. The monoisotopic (exact) mass is 194 g/mol. The van der Waals surface area contributed by atoms with Crippen LogP contribution in [0.3, 0.4) is 0 Å². The van der Waals surface area contributed by atoms with E-state index >= 15 is 0 Å². The van der Waals surface area contributed by atoms with E-state index < -0.39 is 0 Å². The maximum Gasteiger partial charge on any atom is 0.147 e. The lowest BCUT2D eigenvalue weighted by Crippen LogP contribution is -2.41. The first-order chi connectivity index (χ1) is 6.83. The second-order valence-electron chi connectivity index (χ2n) is 3.61. The topological polar surface area (TPSA) is 51.0 Å². The summed E-state index contributed by atoms with van der Waals surface area (Å²) in [5, 5.41) is 7.69. The molecule has 5 nitrogen and oxygen atoms in total. The van der Waals surface area contributed by atoms with Crippen LogP contribution in [0, 0.1) is 0 Å². The number of piperidine rings is 1. The van der Waals surface area contributed by atoms with E-state index in [4.69, 9.17) is 0 Å². The quantitative estimate of drug-likeness (QED) is 0.638. The Kier molecular flexibility index (Phi) is 2.47. The van der Waals surface area contributed by atoms with Crippen LogP contribution in [0.25, 0.3) is 0 Å². The van der Waals surface area contributed by atoms with Gasteiger partial charge in [-0.3, -0.25) is 0 Å². The summed E-state index contributed by atoms with van der Waals surface area (Å²) < 4.78 is 1.71. The Labute approximate surface area is 82.7 Å². The summed E-state index contributed by atoms with van der Waals surface area (Å²) in [5.41, 5.74) is 0. The number of carbonyl (C=O) groups excluding carboxylic acids is 1. The van der Waals surface area contributed by atoms with Gasteiger partial charge < -0.3 is 9.69 Å². The van der Waals surface area contributed by atoms with Crippen LogP contribution < -0.4 is 4.90 Å². The zero-order valence-corrected chi connectivity index (χ0v) is 8.26. The lowest BCUT2D eigenvalue weighted by molar-refractivity contribution is -0.109. The minimum Gasteiger partial charge on any atom is -0.346 e. The van der Waals surface area contributed by atoms with Gasteiger partial charge in [0.05, 0.1) is 12.2 Å². The van der Waals surface area contributed by atoms with Gasteiger partial charge in [0, 0.05) is 13.6 Å². The molecule has 76 valence electrons. The summed E-state index contributed by atoms with van der Waals surface area (Å²) in [6.07, 6.45) is 5.93. The molecule has 1 fully saturated rings. The maximum atomic E-state index is 10.9.